The Morgan fingerprint density at radius 2 is 2.08 bits per heavy atom. The van der Waals surface area contributed by atoms with Crippen LogP contribution in [-0.2, 0) is 14.3 Å². The first-order valence-corrected chi connectivity index (χ1v) is 7.39. The van der Waals surface area contributed by atoms with Gasteiger partial charge < -0.3 is 13.9 Å². The third-order valence-corrected chi connectivity index (χ3v) is 3.69. The third kappa shape index (κ3) is 3.06. The van der Waals surface area contributed by atoms with Crippen molar-refractivity contribution >= 4 is 47.1 Å². The zero-order chi connectivity index (χ0) is 17.3. The first-order chi connectivity index (χ1) is 11.5. The molecule has 1 aromatic heterocycles. The fourth-order valence-electron chi connectivity index (χ4n) is 2.03. The number of hydrogen-bond acceptors (Lipinski definition) is 6. The number of cyclic esters (lactones) is 1. The molecule has 8 heteroatoms. The number of methoxy groups -OCH3 is 1. The van der Waals surface area contributed by atoms with Crippen LogP contribution < -0.4 is 0 Å². The zero-order valence-corrected chi connectivity index (χ0v) is 13.7. The molecule has 3 rings (SSSR count). The Bertz CT molecular complexity index is 898. The van der Waals surface area contributed by atoms with Crippen LogP contribution in [0, 0.1) is 0 Å². The molecule has 1 aliphatic heterocycles. The normalized spacial score (nSPS) is 15.4. The summed E-state index contributed by atoms with van der Waals surface area (Å²) in [5.74, 6) is -1.32. The van der Waals surface area contributed by atoms with Crippen LogP contribution in [0.25, 0.3) is 6.08 Å². The summed E-state index contributed by atoms with van der Waals surface area (Å²) in [6, 6.07) is 6.22. The number of ether oxygens (including phenoxy) is 2. The second kappa shape index (κ2) is 6.51. The number of benzene rings is 1. The van der Waals surface area contributed by atoms with E-state index in [1.165, 1.54) is 31.6 Å². The maximum absolute atomic E-state index is 12.0. The number of rotatable bonds is 3. The van der Waals surface area contributed by atoms with E-state index in [9.17, 15) is 9.59 Å². The SMILES string of the molecule is COC(=O)c1occc1C=C1N=C(c2ccc(Cl)cc2Cl)OC1=O. The van der Waals surface area contributed by atoms with E-state index < -0.39 is 11.9 Å². The predicted octanol–water partition coefficient (Wildman–Crippen LogP) is 3.72. The minimum Gasteiger partial charge on any atom is -0.463 e. The Morgan fingerprint density at radius 3 is 2.79 bits per heavy atom. The molecule has 0 radical (unpaired) electrons. The first-order valence-electron chi connectivity index (χ1n) is 6.63. The molecule has 0 bridgehead atoms. The van der Waals surface area contributed by atoms with Gasteiger partial charge in [-0.05, 0) is 30.3 Å². The lowest BCUT2D eigenvalue weighted by Crippen LogP contribution is -2.06. The topological polar surface area (TPSA) is 78.1 Å². The summed E-state index contributed by atoms with van der Waals surface area (Å²) in [7, 11) is 1.23. The molecule has 1 aromatic carbocycles. The third-order valence-electron chi connectivity index (χ3n) is 3.14. The molecule has 0 spiro atoms. The van der Waals surface area contributed by atoms with E-state index in [1.807, 2.05) is 0 Å². The summed E-state index contributed by atoms with van der Waals surface area (Å²) in [4.78, 5) is 27.7. The van der Waals surface area contributed by atoms with E-state index in [0.717, 1.165) is 0 Å². The van der Waals surface area contributed by atoms with Crippen molar-refractivity contribution < 1.29 is 23.5 Å². The summed E-state index contributed by atoms with van der Waals surface area (Å²) < 4.78 is 14.8. The molecule has 0 aliphatic carbocycles. The number of nitrogens with zero attached hydrogens (tertiary/aromatic N) is 1. The fraction of sp³-hybridized carbons (Fsp3) is 0.0625. The fourth-order valence-corrected chi connectivity index (χ4v) is 2.52. The van der Waals surface area contributed by atoms with Gasteiger partial charge in [-0.2, -0.15) is 0 Å². The molecule has 24 heavy (non-hydrogen) atoms. The largest absolute Gasteiger partial charge is 0.463 e. The van der Waals surface area contributed by atoms with Crippen LogP contribution in [-0.4, -0.2) is 24.9 Å². The quantitative estimate of drug-likeness (QED) is 0.611. The van der Waals surface area contributed by atoms with E-state index in [1.54, 1.807) is 12.1 Å². The lowest BCUT2D eigenvalue weighted by atomic mass is 10.2. The minimum atomic E-state index is -0.673. The number of esters is 2. The van der Waals surface area contributed by atoms with Crippen LogP contribution in [0.3, 0.4) is 0 Å². The van der Waals surface area contributed by atoms with Crippen molar-refractivity contribution in [1.82, 2.24) is 0 Å². The predicted molar refractivity (Wildman–Crippen MR) is 87.1 cm³/mol. The molecule has 1 aliphatic rings. The van der Waals surface area contributed by atoms with Crippen LogP contribution in [0.5, 0.6) is 0 Å². The highest BCUT2D eigenvalue weighted by atomic mass is 35.5. The van der Waals surface area contributed by atoms with Gasteiger partial charge in [0.25, 0.3) is 0 Å². The average molecular weight is 366 g/mol. The van der Waals surface area contributed by atoms with Crippen LogP contribution >= 0.6 is 23.2 Å². The molecule has 0 amide bonds. The molecule has 0 unspecified atom stereocenters. The summed E-state index contributed by atoms with van der Waals surface area (Å²) in [6.07, 6.45) is 2.68. The zero-order valence-electron chi connectivity index (χ0n) is 12.2. The van der Waals surface area contributed by atoms with Crippen LogP contribution in [0.1, 0.15) is 21.7 Å². The smallest absolute Gasteiger partial charge is 0.374 e. The van der Waals surface area contributed by atoms with E-state index in [-0.39, 0.29) is 17.4 Å². The van der Waals surface area contributed by atoms with Crippen molar-refractivity contribution in [3.63, 3.8) is 0 Å². The van der Waals surface area contributed by atoms with E-state index in [0.29, 0.717) is 21.2 Å². The van der Waals surface area contributed by atoms with Crippen molar-refractivity contribution in [3.8, 4) is 0 Å². The van der Waals surface area contributed by atoms with Crippen molar-refractivity contribution in [3.05, 3.63) is 63.2 Å². The number of carbonyl (C=O) groups is 2. The lowest BCUT2D eigenvalue weighted by Gasteiger charge is -2.02. The molecule has 2 aromatic rings. The highest BCUT2D eigenvalue weighted by Gasteiger charge is 2.27. The van der Waals surface area contributed by atoms with Gasteiger partial charge in [-0.15, -0.1) is 0 Å². The lowest BCUT2D eigenvalue weighted by molar-refractivity contribution is -0.129. The molecule has 0 atom stereocenters. The van der Waals surface area contributed by atoms with E-state index in [4.69, 9.17) is 32.4 Å². The van der Waals surface area contributed by atoms with Gasteiger partial charge in [0.15, 0.2) is 5.70 Å². The first kappa shape index (κ1) is 16.3. The van der Waals surface area contributed by atoms with Gasteiger partial charge in [0.1, 0.15) is 0 Å². The van der Waals surface area contributed by atoms with E-state index in [2.05, 4.69) is 9.73 Å². The molecular weight excluding hydrogens is 357 g/mol. The Labute approximate surface area is 146 Å². The Morgan fingerprint density at radius 1 is 1.29 bits per heavy atom. The van der Waals surface area contributed by atoms with Gasteiger partial charge in [0.2, 0.25) is 11.7 Å². The van der Waals surface area contributed by atoms with Crippen molar-refractivity contribution in [2.24, 2.45) is 4.99 Å². The Balaban J connectivity index is 1.98. The molecule has 0 saturated heterocycles. The summed E-state index contributed by atoms with van der Waals surface area (Å²) >= 11 is 11.9. The van der Waals surface area contributed by atoms with Crippen molar-refractivity contribution in [2.45, 2.75) is 0 Å². The maximum atomic E-state index is 12.0. The Hall–Kier alpha value is -2.57. The highest BCUT2D eigenvalue weighted by Crippen LogP contribution is 2.27. The molecular formula is C16H9Cl2NO5. The van der Waals surface area contributed by atoms with E-state index >= 15 is 0 Å². The molecule has 0 N–H and O–H groups in total. The summed E-state index contributed by atoms with van der Waals surface area (Å²) in [5, 5.41) is 0.749. The molecule has 0 saturated carbocycles. The monoisotopic (exact) mass is 365 g/mol. The van der Waals surface area contributed by atoms with Gasteiger partial charge >= 0.3 is 11.9 Å². The number of hydrogen-bond donors (Lipinski definition) is 0. The molecule has 122 valence electrons. The highest BCUT2D eigenvalue weighted by molar-refractivity contribution is 6.37. The van der Waals surface area contributed by atoms with Crippen molar-refractivity contribution in [2.75, 3.05) is 7.11 Å². The van der Waals surface area contributed by atoms with Gasteiger partial charge in [0, 0.05) is 10.6 Å². The van der Waals surface area contributed by atoms with Gasteiger partial charge in [-0.3, -0.25) is 0 Å². The second-order valence-electron chi connectivity index (χ2n) is 4.66. The molecule has 6 nitrogen and oxygen atoms in total. The average Bonchev–Trinajstić information content (AvgIpc) is 3.14. The summed E-state index contributed by atoms with van der Waals surface area (Å²) in [6.45, 7) is 0. The maximum Gasteiger partial charge on any atom is 0.374 e. The number of furan rings is 1. The van der Waals surface area contributed by atoms with Gasteiger partial charge in [-0.1, -0.05) is 23.2 Å². The minimum absolute atomic E-state index is 0.00238. The van der Waals surface area contributed by atoms with Crippen LogP contribution in [0.4, 0.5) is 0 Å². The van der Waals surface area contributed by atoms with Gasteiger partial charge in [-0.25, -0.2) is 14.6 Å². The molecule has 2 heterocycles. The van der Waals surface area contributed by atoms with Crippen LogP contribution in [0.2, 0.25) is 10.0 Å². The standard InChI is InChI=1S/C16H9Cl2NO5/c1-22-16(21)13-8(4-5-23-13)6-12-15(20)24-14(19-12)10-3-2-9(17)7-11(10)18/h2-7H,1H3. The number of carbonyl (C=O) groups excluding carboxylic acids is 2. The second-order valence-corrected chi connectivity index (χ2v) is 5.50. The number of aliphatic imine (C=N–C) groups is 1. The molecule has 0 fully saturated rings. The Kier molecular flexibility index (Phi) is 4.42. The van der Waals surface area contributed by atoms with Crippen molar-refractivity contribution in [1.29, 1.82) is 0 Å². The summed E-state index contributed by atoms with van der Waals surface area (Å²) in [5.41, 5.74) is 0.779. The number of halogens is 2. The van der Waals surface area contributed by atoms with Gasteiger partial charge in [0.05, 0.1) is 24.0 Å². The van der Waals surface area contributed by atoms with Crippen LogP contribution in [0.15, 0.2) is 45.6 Å².